The van der Waals surface area contributed by atoms with E-state index in [0.29, 0.717) is 17.9 Å². The lowest BCUT2D eigenvalue weighted by Gasteiger charge is -2.34. The van der Waals surface area contributed by atoms with Crippen molar-refractivity contribution >= 4 is 17.8 Å². The van der Waals surface area contributed by atoms with Gasteiger partial charge in [-0.2, -0.15) is 0 Å². The predicted octanol–water partition coefficient (Wildman–Crippen LogP) is 0.984. The molecule has 2 amide bonds. The molecule has 0 bridgehead atoms. The molecular weight excluding hydrogens is 300 g/mol. The van der Waals surface area contributed by atoms with Crippen LogP contribution in [0, 0.1) is 5.92 Å². The second-order valence-corrected chi connectivity index (χ2v) is 5.59. The number of rotatable bonds is 3. The number of carbonyl (C=O) groups excluding carboxylic acids is 3. The molecule has 2 aromatic rings. The first-order valence-electron chi connectivity index (χ1n) is 7.19. The molecule has 116 valence electrons. The summed E-state index contributed by atoms with van der Waals surface area (Å²) in [7, 11) is 0. The lowest BCUT2D eigenvalue weighted by atomic mass is 9.80. The van der Waals surface area contributed by atoms with Gasteiger partial charge in [-0.1, -0.05) is 17.2 Å². The van der Waals surface area contributed by atoms with Gasteiger partial charge in [-0.05, 0) is 25.0 Å². The Morgan fingerprint density at radius 1 is 1.04 bits per heavy atom. The number of aromatic nitrogens is 3. The summed E-state index contributed by atoms with van der Waals surface area (Å²) in [6, 6.07) is 6.53. The van der Waals surface area contributed by atoms with Gasteiger partial charge in [0.1, 0.15) is 12.7 Å². The lowest BCUT2D eigenvalue weighted by molar-refractivity contribution is -0.178. The van der Waals surface area contributed by atoms with Crippen LogP contribution in [0.4, 0.5) is 0 Å². The van der Waals surface area contributed by atoms with E-state index in [9.17, 15) is 14.4 Å². The van der Waals surface area contributed by atoms with Crippen LogP contribution in [0.1, 0.15) is 39.6 Å². The molecule has 1 fully saturated rings. The Balaban J connectivity index is 1.41. The van der Waals surface area contributed by atoms with Gasteiger partial charge in [0.05, 0.1) is 17.0 Å². The summed E-state index contributed by atoms with van der Waals surface area (Å²) in [4.78, 5) is 41.4. The van der Waals surface area contributed by atoms with Gasteiger partial charge in [-0.25, -0.2) is 4.79 Å². The average Bonchev–Trinajstić information content (AvgIpc) is 3.10. The van der Waals surface area contributed by atoms with Crippen LogP contribution in [0.5, 0.6) is 0 Å². The zero-order chi connectivity index (χ0) is 16.0. The number of benzene rings is 1. The van der Waals surface area contributed by atoms with E-state index in [1.54, 1.807) is 24.8 Å². The number of nitrogens with zero attached hydrogens (tertiary/aromatic N) is 4. The van der Waals surface area contributed by atoms with Gasteiger partial charge in [0.25, 0.3) is 11.8 Å². The fraction of sp³-hybridized carbons (Fsp3) is 0.267. The van der Waals surface area contributed by atoms with E-state index in [0.717, 1.165) is 0 Å². The van der Waals surface area contributed by atoms with Crippen molar-refractivity contribution in [2.75, 3.05) is 0 Å². The quantitative estimate of drug-likeness (QED) is 0.784. The highest BCUT2D eigenvalue weighted by Gasteiger charge is 2.43. The maximum atomic E-state index is 12.1. The van der Waals surface area contributed by atoms with E-state index in [1.165, 1.54) is 12.1 Å². The van der Waals surface area contributed by atoms with Crippen molar-refractivity contribution in [2.45, 2.75) is 18.9 Å². The molecular formula is C15H12N4O4. The summed E-state index contributed by atoms with van der Waals surface area (Å²) in [5, 5.41) is 8.00. The first-order valence-corrected chi connectivity index (χ1v) is 7.19. The minimum absolute atomic E-state index is 0.143. The van der Waals surface area contributed by atoms with Crippen molar-refractivity contribution in [3.63, 3.8) is 0 Å². The van der Waals surface area contributed by atoms with E-state index >= 15 is 0 Å². The summed E-state index contributed by atoms with van der Waals surface area (Å²) >= 11 is 0. The number of hydrogen-bond acceptors (Lipinski definition) is 6. The van der Waals surface area contributed by atoms with Gasteiger partial charge in [-0.15, -0.1) is 10.2 Å². The van der Waals surface area contributed by atoms with Gasteiger partial charge in [0, 0.05) is 6.04 Å². The molecule has 8 heteroatoms. The SMILES string of the molecule is O=C(ON1C(=O)c2ccccc2C1=O)C1CC(n2cnnc2)C1. The van der Waals surface area contributed by atoms with Crippen LogP contribution in [0.15, 0.2) is 36.9 Å². The number of hydrogen-bond donors (Lipinski definition) is 0. The fourth-order valence-corrected chi connectivity index (χ4v) is 2.84. The van der Waals surface area contributed by atoms with Crippen molar-refractivity contribution in [3.8, 4) is 0 Å². The Bertz CT molecular complexity index is 761. The smallest absolute Gasteiger partial charge is 0.329 e. The van der Waals surface area contributed by atoms with Crippen LogP contribution in [0.3, 0.4) is 0 Å². The number of fused-ring (bicyclic) bond motifs is 1. The standard InChI is InChI=1S/C15H12N4O4/c20-13-11-3-1-2-4-12(11)14(21)19(13)23-15(22)9-5-10(6-9)18-7-16-17-8-18/h1-4,7-10H,5-6H2. The van der Waals surface area contributed by atoms with Gasteiger partial charge >= 0.3 is 5.97 Å². The average molecular weight is 312 g/mol. The first-order chi connectivity index (χ1) is 11.1. The summed E-state index contributed by atoms with van der Waals surface area (Å²) < 4.78 is 1.83. The molecule has 1 saturated carbocycles. The summed E-state index contributed by atoms with van der Waals surface area (Å²) in [6.07, 6.45) is 4.33. The summed E-state index contributed by atoms with van der Waals surface area (Å²) in [6.45, 7) is 0. The van der Waals surface area contributed by atoms with Crippen LogP contribution < -0.4 is 0 Å². The zero-order valence-electron chi connectivity index (χ0n) is 12.0. The third kappa shape index (κ3) is 2.10. The molecule has 1 aliphatic carbocycles. The highest BCUT2D eigenvalue weighted by atomic mass is 16.7. The first kappa shape index (κ1) is 13.6. The molecule has 8 nitrogen and oxygen atoms in total. The maximum Gasteiger partial charge on any atom is 0.336 e. The molecule has 0 saturated heterocycles. The van der Waals surface area contributed by atoms with Crippen LogP contribution in [0.25, 0.3) is 0 Å². The molecule has 0 unspecified atom stereocenters. The highest BCUT2D eigenvalue weighted by Crippen LogP contribution is 2.38. The number of carbonyl (C=O) groups is 3. The normalized spacial score (nSPS) is 22.7. The Hall–Kier alpha value is -3.03. The maximum absolute atomic E-state index is 12.1. The topological polar surface area (TPSA) is 94.4 Å². The molecule has 1 aromatic carbocycles. The van der Waals surface area contributed by atoms with Gasteiger partial charge in [0.15, 0.2) is 0 Å². The van der Waals surface area contributed by atoms with Crippen molar-refractivity contribution in [3.05, 3.63) is 48.0 Å². The third-order valence-corrected chi connectivity index (χ3v) is 4.24. The molecule has 2 aliphatic rings. The Kier molecular flexibility index (Phi) is 2.97. The van der Waals surface area contributed by atoms with E-state index < -0.39 is 17.8 Å². The molecule has 2 heterocycles. The van der Waals surface area contributed by atoms with Gasteiger partial charge in [-0.3, -0.25) is 9.59 Å². The molecule has 0 radical (unpaired) electrons. The molecule has 1 aliphatic heterocycles. The Labute approximate surface area is 130 Å². The van der Waals surface area contributed by atoms with E-state index in [1.807, 2.05) is 4.57 Å². The molecule has 1 aromatic heterocycles. The van der Waals surface area contributed by atoms with Crippen molar-refractivity contribution in [1.29, 1.82) is 0 Å². The Morgan fingerprint density at radius 3 is 2.17 bits per heavy atom. The number of amides is 2. The number of hydroxylamine groups is 2. The highest BCUT2D eigenvalue weighted by molar-refractivity contribution is 6.20. The second kappa shape index (κ2) is 5.01. The lowest BCUT2D eigenvalue weighted by Crippen LogP contribution is -2.39. The van der Waals surface area contributed by atoms with Crippen molar-refractivity contribution < 1.29 is 19.2 Å². The summed E-state index contributed by atoms with van der Waals surface area (Å²) in [5.74, 6) is -2.11. The largest absolute Gasteiger partial charge is 0.336 e. The van der Waals surface area contributed by atoms with E-state index in [-0.39, 0.29) is 23.1 Å². The van der Waals surface area contributed by atoms with Gasteiger partial charge in [0.2, 0.25) is 0 Å². The van der Waals surface area contributed by atoms with Crippen molar-refractivity contribution in [2.24, 2.45) is 5.92 Å². The molecule has 23 heavy (non-hydrogen) atoms. The van der Waals surface area contributed by atoms with Gasteiger partial charge < -0.3 is 9.40 Å². The van der Waals surface area contributed by atoms with Crippen LogP contribution in [-0.4, -0.2) is 37.6 Å². The predicted molar refractivity (Wildman–Crippen MR) is 74.8 cm³/mol. The molecule has 4 rings (SSSR count). The molecule has 0 spiro atoms. The zero-order valence-corrected chi connectivity index (χ0v) is 12.0. The molecule has 0 atom stereocenters. The van der Waals surface area contributed by atoms with E-state index in [4.69, 9.17) is 4.84 Å². The van der Waals surface area contributed by atoms with Crippen LogP contribution in [0.2, 0.25) is 0 Å². The van der Waals surface area contributed by atoms with Crippen LogP contribution in [-0.2, 0) is 9.63 Å². The summed E-state index contributed by atoms with van der Waals surface area (Å²) in [5.41, 5.74) is 0.502. The van der Waals surface area contributed by atoms with Crippen LogP contribution >= 0.6 is 0 Å². The molecule has 0 N–H and O–H groups in total. The monoisotopic (exact) mass is 312 g/mol. The number of imide groups is 1. The second-order valence-electron chi connectivity index (χ2n) is 5.59. The fourth-order valence-electron chi connectivity index (χ4n) is 2.84. The Morgan fingerprint density at radius 2 is 1.61 bits per heavy atom. The van der Waals surface area contributed by atoms with Crippen molar-refractivity contribution in [1.82, 2.24) is 19.8 Å². The third-order valence-electron chi connectivity index (χ3n) is 4.24. The van der Waals surface area contributed by atoms with E-state index in [2.05, 4.69) is 10.2 Å². The minimum Gasteiger partial charge on any atom is -0.329 e. The minimum atomic E-state index is -0.603.